The summed E-state index contributed by atoms with van der Waals surface area (Å²) >= 11 is 0. The van der Waals surface area contributed by atoms with E-state index in [1.165, 1.54) is 141 Å². The van der Waals surface area contributed by atoms with Crippen LogP contribution in [0.15, 0.2) is 0 Å². The predicted molar refractivity (Wildman–Crippen MR) is 157 cm³/mol. The summed E-state index contributed by atoms with van der Waals surface area (Å²) in [6.45, 7) is 5.74. The van der Waals surface area contributed by atoms with E-state index in [2.05, 4.69) is 26.6 Å². The summed E-state index contributed by atoms with van der Waals surface area (Å²) in [5.74, 6) is 0. The van der Waals surface area contributed by atoms with Crippen molar-refractivity contribution >= 4 is 0 Å². The van der Waals surface area contributed by atoms with Crippen LogP contribution in [0.25, 0.3) is 0 Å². The van der Waals surface area contributed by atoms with E-state index in [0.29, 0.717) is 12.1 Å². The molecule has 6 nitrogen and oxygen atoms in total. The monoisotopic (exact) mass is 509 g/mol. The van der Waals surface area contributed by atoms with Crippen molar-refractivity contribution in [3.8, 4) is 0 Å². The molecule has 0 amide bonds. The molecule has 6 heteroatoms. The summed E-state index contributed by atoms with van der Waals surface area (Å²) in [5.41, 5.74) is 20.4. The van der Waals surface area contributed by atoms with Gasteiger partial charge in [0.1, 0.15) is 0 Å². The van der Waals surface area contributed by atoms with Crippen molar-refractivity contribution in [2.75, 3.05) is 39.3 Å². The van der Waals surface area contributed by atoms with Crippen LogP contribution < -0.4 is 27.4 Å². The summed E-state index contributed by atoms with van der Waals surface area (Å²) in [4.78, 5) is 2.49. The van der Waals surface area contributed by atoms with Crippen LogP contribution in [-0.2, 0) is 0 Å². The normalized spacial score (nSPS) is 21.8. The number of nitrogens with two attached hydrogens (primary N) is 1. The third-order valence-corrected chi connectivity index (χ3v) is 8.37. The Labute approximate surface area is 225 Å². The Kier molecular flexibility index (Phi) is 21.2. The van der Waals surface area contributed by atoms with Crippen molar-refractivity contribution in [2.45, 2.75) is 153 Å². The summed E-state index contributed by atoms with van der Waals surface area (Å²) in [7, 11) is 0. The van der Waals surface area contributed by atoms with Crippen molar-refractivity contribution < 1.29 is 0 Å². The van der Waals surface area contributed by atoms with Crippen LogP contribution in [0.4, 0.5) is 0 Å². The fourth-order valence-electron chi connectivity index (χ4n) is 5.99. The molecule has 2 aliphatic carbocycles. The molecule has 0 heterocycles. The third-order valence-electron chi connectivity index (χ3n) is 8.37. The van der Waals surface area contributed by atoms with Gasteiger partial charge in [-0.05, 0) is 25.7 Å². The van der Waals surface area contributed by atoms with Crippen LogP contribution >= 0.6 is 0 Å². The number of nitrogens with one attached hydrogen (secondary N) is 4. The van der Waals surface area contributed by atoms with Gasteiger partial charge in [0.25, 0.3) is 0 Å². The predicted octanol–water partition coefficient (Wildman–Crippen LogP) is 5.78. The summed E-state index contributed by atoms with van der Waals surface area (Å²) in [6, 6.07) is 1.26. The van der Waals surface area contributed by atoms with E-state index in [9.17, 15) is 0 Å². The number of hydrogen-bond donors (Lipinski definition) is 5. The number of rotatable bonds is 12. The second kappa shape index (κ2) is 23.8. The molecule has 36 heavy (non-hydrogen) atoms. The maximum absolute atomic E-state index is 5.93. The maximum atomic E-state index is 5.93. The molecule has 0 atom stereocenters. The third kappa shape index (κ3) is 18.1. The molecule has 0 saturated heterocycles. The average Bonchev–Trinajstić information content (AvgIpc) is 2.86. The molecular weight excluding hydrogens is 444 g/mol. The van der Waals surface area contributed by atoms with E-state index < -0.39 is 0 Å². The van der Waals surface area contributed by atoms with Gasteiger partial charge in [-0.25, -0.2) is 0 Å². The summed E-state index contributed by atoms with van der Waals surface area (Å²) in [6.07, 6.45) is 30.8. The van der Waals surface area contributed by atoms with Gasteiger partial charge < -0.3 is 5.73 Å². The maximum Gasteiger partial charge on any atom is 0.0228 e. The molecule has 6 N–H and O–H groups in total. The first-order chi connectivity index (χ1) is 17.9. The molecule has 2 fully saturated rings. The van der Waals surface area contributed by atoms with E-state index in [4.69, 9.17) is 5.73 Å². The molecule has 0 aromatic rings. The van der Waals surface area contributed by atoms with Crippen molar-refractivity contribution in [3.05, 3.63) is 0 Å². The number of hydrazine groups is 2. The number of nitrogens with zero attached hydrogens (tertiary/aromatic N) is 1. The minimum atomic E-state index is 0.629. The van der Waals surface area contributed by atoms with Gasteiger partial charge in [0, 0.05) is 51.4 Å². The molecule has 2 aliphatic rings. The van der Waals surface area contributed by atoms with Gasteiger partial charge >= 0.3 is 0 Å². The lowest BCUT2D eigenvalue weighted by atomic mass is 9.98. The highest BCUT2D eigenvalue weighted by Gasteiger charge is 2.11. The lowest BCUT2D eigenvalue weighted by molar-refractivity contribution is 0.255. The van der Waals surface area contributed by atoms with E-state index >= 15 is 0 Å². The Morgan fingerprint density at radius 1 is 0.444 bits per heavy atom. The summed E-state index contributed by atoms with van der Waals surface area (Å²) < 4.78 is 0. The van der Waals surface area contributed by atoms with Crippen LogP contribution in [0.5, 0.6) is 0 Å². The molecule has 0 aromatic carbocycles. The zero-order valence-corrected chi connectivity index (χ0v) is 24.0. The van der Waals surface area contributed by atoms with E-state index in [0.717, 1.165) is 39.3 Å². The minimum Gasteiger partial charge on any atom is -0.329 e. The fraction of sp³-hybridized carbons (Fsp3) is 1.00. The zero-order chi connectivity index (χ0) is 25.4. The van der Waals surface area contributed by atoms with Gasteiger partial charge in [0.15, 0.2) is 0 Å². The largest absolute Gasteiger partial charge is 0.329 e. The average molecular weight is 509 g/mol. The van der Waals surface area contributed by atoms with Gasteiger partial charge in [0.05, 0.1) is 0 Å². The topological polar surface area (TPSA) is 77.4 Å². The molecule has 2 rings (SSSR count). The van der Waals surface area contributed by atoms with Crippen LogP contribution in [0.3, 0.4) is 0 Å². The molecule has 214 valence electrons. The van der Waals surface area contributed by atoms with Gasteiger partial charge in [0.2, 0.25) is 0 Å². The van der Waals surface area contributed by atoms with Gasteiger partial charge in [-0.1, -0.05) is 116 Å². The van der Waals surface area contributed by atoms with Crippen LogP contribution in [0, 0.1) is 0 Å². The smallest absolute Gasteiger partial charge is 0.0228 e. The lowest BCUT2D eigenvalue weighted by Crippen LogP contribution is -2.48. The fourth-order valence-corrected chi connectivity index (χ4v) is 5.99. The zero-order valence-electron chi connectivity index (χ0n) is 24.0. The first kappa shape index (κ1) is 32.0. The first-order valence-corrected chi connectivity index (χ1v) is 16.3. The molecule has 0 bridgehead atoms. The van der Waals surface area contributed by atoms with E-state index in [1.54, 1.807) is 0 Å². The summed E-state index contributed by atoms with van der Waals surface area (Å²) in [5, 5.41) is 0. The molecule has 0 unspecified atom stereocenters. The van der Waals surface area contributed by atoms with Crippen LogP contribution in [0.2, 0.25) is 0 Å². The van der Waals surface area contributed by atoms with Crippen LogP contribution in [-0.4, -0.2) is 56.3 Å². The van der Waals surface area contributed by atoms with Gasteiger partial charge in [-0.15, -0.1) is 0 Å². The molecule has 0 radical (unpaired) electrons. The Morgan fingerprint density at radius 3 is 1.06 bits per heavy atom. The molecule has 0 aromatic heterocycles. The Hall–Kier alpha value is -0.240. The van der Waals surface area contributed by atoms with Crippen molar-refractivity contribution in [3.63, 3.8) is 0 Å². The quantitative estimate of drug-likeness (QED) is 0.170. The van der Waals surface area contributed by atoms with Crippen molar-refractivity contribution in [2.24, 2.45) is 5.73 Å². The Morgan fingerprint density at radius 2 is 0.750 bits per heavy atom. The minimum absolute atomic E-state index is 0.629. The van der Waals surface area contributed by atoms with Crippen molar-refractivity contribution in [1.82, 2.24) is 26.6 Å². The molecule has 2 saturated carbocycles. The molecule has 0 aliphatic heterocycles. The number of hydrogen-bond acceptors (Lipinski definition) is 6. The first-order valence-electron chi connectivity index (χ1n) is 16.3. The lowest BCUT2D eigenvalue weighted by Gasteiger charge is -2.25. The highest BCUT2D eigenvalue weighted by Crippen LogP contribution is 2.17. The standard InChI is InChI=1S/C30H64N6/c31-23-26-36(27-24-32-34-29-19-15-11-7-3-1-4-8-12-16-20-29)28-25-33-35-30-21-17-13-9-5-2-6-10-14-18-22-30/h29-30,32-35H,1-28,31H2. The van der Waals surface area contributed by atoms with Gasteiger partial charge in [-0.2, -0.15) is 0 Å². The second-order valence-corrected chi connectivity index (χ2v) is 11.7. The van der Waals surface area contributed by atoms with E-state index in [-0.39, 0.29) is 0 Å². The second-order valence-electron chi connectivity index (χ2n) is 11.7. The molecule has 0 spiro atoms. The van der Waals surface area contributed by atoms with Crippen LogP contribution in [0.1, 0.15) is 141 Å². The highest BCUT2D eigenvalue weighted by atomic mass is 15.4. The highest BCUT2D eigenvalue weighted by molar-refractivity contribution is 4.69. The van der Waals surface area contributed by atoms with Gasteiger partial charge in [-0.3, -0.25) is 26.6 Å². The Balaban J connectivity index is 1.58. The molecular formula is C30H64N6. The SMILES string of the molecule is NCCN(CCNNC1CCCCCCCCCCC1)CCNNC1CCCCCCCCCCC1. The van der Waals surface area contributed by atoms with E-state index in [1.807, 2.05) is 0 Å². The van der Waals surface area contributed by atoms with Crippen molar-refractivity contribution in [1.29, 1.82) is 0 Å². The Bertz CT molecular complexity index is 401.